The lowest BCUT2D eigenvalue weighted by atomic mass is 10.0. The van der Waals surface area contributed by atoms with Crippen LogP contribution in [0.2, 0.25) is 0 Å². The summed E-state index contributed by atoms with van der Waals surface area (Å²) in [6, 6.07) is 0. The van der Waals surface area contributed by atoms with Crippen molar-refractivity contribution in [2.45, 2.75) is 45.3 Å². The van der Waals surface area contributed by atoms with E-state index in [1.807, 2.05) is 13.8 Å². The fourth-order valence-corrected chi connectivity index (χ4v) is 0.508. The summed E-state index contributed by atoms with van der Waals surface area (Å²) in [5.74, 6) is 0. The summed E-state index contributed by atoms with van der Waals surface area (Å²) in [5.41, 5.74) is 4.94. The molecule has 0 saturated carbocycles. The molecule has 0 aliphatic rings. The maximum Gasteiger partial charge on any atom is 0.0673 e. The van der Waals surface area contributed by atoms with Crippen LogP contribution in [-0.2, 0) is 4.74 Å². The highest BCUT2D eigenvalue weighted by molar-refractivity contribution is 4.78. The van der Waals surface area contributed by atoms with Gasteiger partial charge in [-0.25, -0.2) is 0 Å². The molecule has 0 heterocycles. The normalized spacial score (nSPS) is 17.5. The molecular formula is C9H21NO2. The third-order valence-corrected chi connectivity index (χ3v) is 2.01. The molecule has 3 nitrogen and oxygen atoms in total. The van der Waals surface area contributed by atoms with Crippen molar-refractivity contribution in [3.8, 4) is 0 Å². The van der Waals surface area contributed by atoms with Crippen LogP contribution < -0.4 is 5.73 Å². The van der Waals surface area contributed by atoms with Crippen LogP contribution in [0.4, 0.5) is 0 Å². The van der Waals surface area contributed by atoms with Crippen molar-refractivity contribution < 1.29 is 9.84 Å². The smallest absolute Gasteiger partial charge is 0.0673 e. The van der Waals surface area contributed by atoms with Crippen molar-refractivity contribution in [3.63, 3.8) is 0 Å². The van der Waals surface area contributed by atoms with Gasteiger partial charge in [0.2, 0.25) is 0 Å². The topological polar surface area (TPSA) is 55.5 Å². The zero-order chi connectivity index (χ0) is 9.83. The van der Waals surface area contributed by atoms with Crippen molar-refractivity contribution in [1.29, 1.82) is 0 Å². The van der Waals surface area contributed by atoms with Crippen molar-refractivity contribution in [2.24, 2.45) is 5.73 Å². The quantitative estimate of drug-likeness (QED) is 0.652. The first-order valence-corrected chi connectivity index (χ1v) is 4.37. The van der Waals surface area contributed by atoms with Gasteiger partial charge >= 0.3 is 0 Å². The monoisotopic (exact) mass is 175 g/mol. The summed E-state index contributed by atoms with van der Waals surface area (Å²) in [6.07, 6.45) is 0.939. The Morgan fingerprint density at radius 2 is 1.83 bits per heavy atom. The minimum atomic E-state index is -0.619. The average Bonchev–Trinajstić information content (AvgIpc) is 2.02. The zero-order valence-electron chi connectivity index (χ0n) is 8.55. The first kappa shape index (κ1) is 11.9. The number of hydrogen-bond donors (Lipinski definition) is 2. The van der Waals surface area contributed by atoms with Gasteiger partial charge in [-0.2, -0.15) is 0 Å². The Morgan fingerprint density at radius 1 is 1.33 bits per heavy atom. The lowest BCUT2D eigenvalue weighted by Crippen LogP contribution is -2.47. The van der Waals surface area contributed by atoms with E-state index in [1.54, 1.807) is 6.92 Å². The maximum absolute atomic E-state index is 8.86. The summed E-state index contributed by atoms with van der Waals surface area (Å²) in [6.45, 7) is 8.21. The Labute approximate surface area is 74.9 Å². The highest BCUT2D eigenvalue weighted by atomic mass is 16.5. The average molecular weight is 175 g/mol. The van der Waals surface area contributed by atoms with Crippen LogP contribution in [0, 0.1) is 0 Å². The molecule has 0 fully saturated rings. The molecule has 0 spiro atoms. The molecule has 74 valence electrons. The maximum atomic E-state index is 8.86. The molecule has 0 aromatic heterocycles. The van der Waals surface area contributed by atoms with E-state index in [0.29, 0.717) is 6.61 Å². The van der Waals surface area contributed by atoms with Crippen LogP contribution in [0.3, 0.4) is 0 Å². The largest absolute Gasteiger partial charge is 0.394 e. The molecule has 0 amide bonds. The van der Waals surface area contributed by atoms with E-state index in [-0.39, 0.29) is 12.2 Å². The summed E-state index contributed by atoms with van der Waals surface area (Å²) in [4.78, 5) is 0. The molecule has 12 heavy (non-hydrogen) atoms. The van der Waals surface area contributed by atoms with Crippen molar-refractivity contribution in [2.75, 3.05) is 13.2 Å². The van der Waals surface area contributed by atoms with Crippen LogP contribution in [0.25, 0.3) is 0 Å². The predicted octanol–water partition coefficient (Wildman–Crippen LogP) is 0.901. The van der Waals surface area contributed by atoms with E-state index < -0.39 is 5.54 Å². The molecule has 0 bridgehead atoms. The third-order valence-electron chi connectivity index (χ3n) is 2.01. The standard InChI is InChI=1S/C9H21NO2/c1-5-8(2,3)12-7-9(4,10)6-11/h11H,5-7,10H2,1-4H3. The van der Waals surface area contributed by atoms with Crippen molar-refractivity contribution >= 4 is 0 Å². The summed E-state index contributed by atoms with van der Waals surface area (Å²) in [5, 5.41) is 8.86. The zero-order valence-corrected chi connectivity index (χ0v) is 8.55. The minimum absolute atomic E-state index is 0.0488. The van der Waals surface area contributed by atoms with E-state index in [4.69, 9.17) is 15.6 Å². The Hall–Kier alpha value is -0.120. The first-order chi connectivity index (χ1) is 5.33. The molecule has 0 aromatic rings. The van der Waals surface area contributed by atoms with E-state index in [2.05, 4.69) is 6.92 Å². The van der Waals surface area contributed by atoms with Gasteiger partial charge in [-0.05, 0) is 27.2 Å². The van der Waals surface area contributed by atoms with Gasteiger partial charge in [0.05, 0.1) is 24.4 Å². The summed E-state index contributed by atoms with van der Waals surface area (Å²) < 4.78 is 5.55. The fraction of sp³-hybridized carbons (Fsp3) is 1.00. The predicted molar refractivity (Wildman–Crippen MR) is 50.0 cm³/mol. The third kappa shape index (κ3) is 4.70. The van der Waals surface area contributed by atoms with E-state index in [1.165, 1.54) is 0 Å². The number of nitrogens with two attached hydrogens (primary N) is 1. The van der Waals surface area contributed by atoms with E-state index in [0.717, 1.165) is 6.42 Å². The molecule has 0 radical (unpaired) electrons. The Kier molecular flexibility index (Phi) is 4.17. The summed E-state index contributed by atoms with van der Waals surface area (Å²) >= 11 is 0. The van der Waals surface area contributed by atoms with Crippen LogP contribution in [0.5, 0.6) is 0 Å². The number of aliphatic hydroxyl groups excluding tert-OH is 1. The van der Waals surface area contributed by atoms with Gasteiger partial charge in [0.25, 0.3) is 0 Å². The number of ether oxygens (including phenoxy) is 1. The Bertz CT molecular complexity index is 116. The van der Waals surface area contributed by atoms with Gasteiger partial charge in [-0.15, -0.1) is 0 Å². The van der Waals surface area contributed by atoms with Gasteiger partial charge < -0.3 is 15.6 Å². The van der Waals surface area contributed by atoms with E-state index in [9.17, 15) is 0 Å². The van der Waals surface area contributed by atoms with Crippen LogP contribution >= 0.6 is 0 Å². The molecule has 1 atom stereocenters. The Balaban J connectivity index is 3.82. The van der Waals surface area contributed by atoms with Gasteiger partial charge in [-0.3, -0.25) is 0 Å². The van der Waals surface area contributed by atoms with Gasteiger partial charge in [0.15, 0.2) is 0 Å². The number of aliphatic hydroxyl groups is 1. The highest BCUT2D eigenvalue weighted by Gasteiger charge is 2.23. The summed E-state index contributed by atoms with van der Waals surface area (Å²) in [7, 11) is 0. The fourth-order valence-electron chi connectivity index (χ4n) is 0.508. The minimum Gasteiger partial charge on any atom is -0.394 e. The lowest BCUT2D eigenvalue weighted by molar-refractivity contribution is -0.0493. The van der Waals surface area contributed by atoms with Gasteiger partial charge in [0.1, 0.15) is 0 Å². The molecule has 0 aliphatic heterocycles. The second-order valence-corrected chi connectivity index (χ2v) is 4.21. The second-order valence-electron chi connectivity index (χ2n) is 4.21. The van der Waals surface area contributed by atoms with Gasteiger partial charge in [-0.1, -0.05) is 6.92 Å². The lowest BCUT2D eigenvalue weighted by Gasteiger charge is -2.29. The molecule has 0 rings (SSSR count). The Morgan fingerprint density at radius 3 is 2.17 bits per heavy atom. The number of rotatable bonds is 5. The molecule has 3 N–H and O–H groups in total. The van der Waals surface area contributed by atoms with Crippen molar-refractivity contribution in [3.05, 3.63) is 0 Å². The van der Waals surface area contributed by atoms with Crippen molar-refractivity contribution in [1.82, 2.24) is 0 Å². The second kappa shape index (κ2) is 4.21. The van der Waals surface area contributed by atoms with E-state index >= 15 is 0 Å². The first-order valence-electron chi connectivity index (χ1n) is 4.37. The molecule has 0 aliphatic carbocycles. The highest BCUT2D eigenvalue weighted by Crippen LogP contribution is 2.15. The SMILES string of the molecule is CCC(C)(C)OCC(C)(N)CO. The van der Waals surface area contributed by atoms with Crippen LogP contribution in [0.1, 0.15) is 34.1 Å². The molecule has 0 aromatic carbocycles. The molecular weight excluding hydrogens is 154 g/mol. The van der Waals surface area contributed by atoms with Crippen LogP contribution in [0.15, 0.2) is 0 Å². The number of hydrogen-bond acceptors (Lipinski definition) is 3. The molecule has 0 saturated heterocycles. The van der Waals surface area contributed by atoms with Crippen LogP contribution in [-0.4, -0.2) is 29.5 Å². The molecule has 3 heteroatoms. The molecule has 1 unspecified atom stereocenters. The van der Waals surface area contributed by atoms with Gasteiger partial charge in [0, 0.05) is 0 Å².